The molecule has 0 saturated carbocycles. The van der Waals surface area contributed by atoms with Crippen LogP contribution in [-0.4, -0.2) is 49.3 Å². The van der Waals surface area contributed by atoms with Gasteiger partial charge < -0.3 is 14.4 Å². The summed E-state index contributed by atoms with van der Waals surface area (Å²) in [7, 11) is 3.45. The topological polar surface area (TPSA) is 95.1 Å². The van der Waals surface area contributed by atoms with Crippen LogP contribution in [0.3, 0.4) is 0 Å². The fourth-order valence-corrected chi connectivity index (χ4v) is 1.96. The summed E-state index contributed by atoms with van der Waals surface area (Å²) < 4.78 is 8.35. The number of unbranched alkanes of at least 4 members (excludes halogenated alkanes) is 1. The minimum atomic E-state index is -1.09. The number of ether oxygens (including phenoxy) is 1. The lowest BCUT2D eigenvalue weighted by Gasteiger charge is -2.07. The van der Waals surface area contributed by atoms with Crippen LogP contribution in [0.1, 0.15) is 23.3 Å². The van der Waals surface area contributed by atoms with E-state index in [1.54, 1.807) is 35.9 Å². The molecule has 8 heteroatoms. The number of carboxylic acids is 1. The quantitative estimate of drug-likeness (QED) is 0.753. The summed E-state index contributed by atoms with van der Waals surface area (Å²) in [6, 6.07) is 0. The highest BCUT2D eigenvalue weighted by molar-refractivity contribution is 5.92. The molecule has 0 aromatic carbocycles. The second-order valence-corrected chi connectivity index (χ2v) is 4.40. The first-order chi connectivity index (χ1) is 9.65. The number of aryl methyl sites for hydroxylation is 2. The smallest absolute Gasteiger partial charge is 0.358 e. The number of nitrogens with zero attached hydrogens (tertiary/aromatic N) is 5. The molecule has 0 aliphatic carbocycles. The van der Waals surface area contributed by atoms with Gasteiger partial charge in [0, 0.05) is 27.3 Å². The number of hydrogen-bond acceptors (Lipinski definition) is 5. The number of aromatic nitrogens is 5. The van der Waals surface area contributed by atoms with Gasteiger partial charge in [0.1, 0.15) is 5.69 Å². The van der Waals surface area contributed by atoms with Gasteiger partial charge in [-0.1, -0.05) is 5.21 Å². The largest absolute Gasteiger partial charge is 0.476 e. The summed E-state index contributed by atoms with van der Waals surface area (Å²) in [6.07, 6.45) is 4.94. The van der Waals surface area contributed by atoms with Gasteiger partial charge in [0.05, 0.1) is 18.2 Å². The van der Waals surface area contributed by atoms with Gasteiger partial charge in [0.2, 0.25) is 0 Å². The third-order valence-electron chi connectivity index (χ3n) is 2.97. The van der Waals surface area contributed by atoms with E-state index in [-0.39, 0.29) is 5.69 Å². The highest BCUT2D eigenvalue weighted by Crippen LogP contribution is 2.21. The van der Waals surface area contributed by atoms with E-state index in [9.17, 15) is 9.90 Å². The highest BCUT2D eigenvalue weighted by atomic mass is 16.5. The van der Waals surface area contributed by atoms with E-state index >= 15 is 0 Å². The van der Waals surface area contributed by atoms with E-state index in [0.29, 0.717) is 24.5 Å². The average molecular weight is 279 g/mol. The average Bonchev–Trinajstić information content (AvgIpc) is 3.00. The van der Waals surface area contributed by atoms with Crippen LogP contribution in [0.15, 0.2) is 12.5 Å². The Morgan fingerprint density at radius 1 is 1.45 bits per heavy atom. The zero-order chi connectivity index (χ0) is 14.5. The van der Waals surface area contributed by atoms with E-state index in [1.165, 1.54) is 0 Å². The summed E-state index contributed by atoms with van der Waals surface area (Å²) in [5, 5.41) is 16.9. The monoisotopic (exact) mass is 279 g/mol. The summed E-state index contributed by atoms with van der Waals surface area (Å²) >= 11 is 0. The fraction of sp³-hybridized carbons (Fsp3) is 0.500. The van der Waals surface area contributed by atoms with Gasteiger partial charge in [-0.05, 0) is 12.8 Å². The SMILES string of the molecule is COCCCCn1nnc(C(=O)O)c1-c1cncn1C. The maximum atomic E-state index is 11.3. The van der Waals surface area contributed by atoms with Gasteiger partial charge in [-0.15, -0.1) is 5.10 Å². The molecule has 2 aromatic rings. The predicted octanol–water partition coefficient (Wildman–Crippen LogP) is 0.803. The van der Waals surface area contributed by atoms with E-state index in [1.807, 2.05) is 0 Å². The molecule has 0 saturated heterocycles. The maximum absolute atomic E-state index is 11.3. The molecular formula is C12H17N5O3. The molecule has 0 spiro atoms. The molecule has 0 fully saturated rings. The van der Waals surface area contributed by atoms with Crippen LogP contribution in [0.5, 0.6) is 0 Å². The maximum Gasteiger partial charge on any atom is 0.358 e. The first kappa shape index (κ1) is 14.2. The zero-order valence-corrected chi connectivity index (χ0v) is 11.5. The van der Waals surface area contributed by atoms with Crippen molar-refractivity contribution < 1.29 is 14.6 Å². The van der Waals surface area contributed by atoms with Gasteiger partial charge in [-0.3, -0.25) is 0 Å². The second-order valence-electron chi connectivity index (χ2n) is 4.40. The van der Waals surface area contributed by atoms with Crippen molar-refractivity contribution in [2.75, 3.05) is 13.7 Å². The Kier molecular flexibility index (Phi) is 4.46. The number of carbonyl (C=O) groups is 1. The van der Waals surface area contributed by atoms with Gasteiger partial charge in [0.25, 0.3) is 0 Å². The number of methoxy groups -OCH3 is 1. The highest BCUT2D eigenvalue weighted by Gasteiger charge is 2.22. The zero-order valence-electron chi connectivity index (χ0n) is 11.5. The van der Waals surface area contributed by atoms with Gasteiger partial charge in [-0.2, -0.15) is 0 Å². The van der Waals surface area contributed by atoms with Gasteiger partial charge >= 0.3 is 5.97 Å². The fourth-order valence-electron chi connectivity index (χ4n) is 1.96. The molecule has 2 heterocycles. The molecular weight excluding hydrogens is 262 g/mol. The van der Waals surface area contributed by atoms with Gasteiger partial charge in [-0.25, -0.2) is 14.5 Å². The number of carboxylic acid groups (broad SMARTS) is 1. The van der Waals surface area contributed by atoms with Crippen molar-refractivity contribution in [3.8, 4) is 11.4 Å². The lowest BCUT2D eigenvalue weighted by Crippen LogP contribution is -2.08. The molecule has 0 radical (unpaired) electrons. The van der Waals surface area contributed by atoms with Crippen molar-refractivity contribution in [2.45, 2.75) is 19.4 Å². The molecule has 0 atom stereocenters. The molecule has 0 bridgehead atoms. The van der Waals surface area contributed by atoms with Crippen LogP contribution < -0.4 is 0 Å². The minimum absolute atomic E-state index is 0.0552. The molecule has 0 aliphatic rings. The van der Waals surface area contributed by atoms with E-state index in [0.717, 1.165) is 12.8 Å². The molecule has 20 heavy (non-hydrogen) atoms. The van der Waals surface area contributed by atoms with E-state index < -0.39 is 5.97 Å². The molecule has 0 unspecified atom stereocenters. The first-order valence-electron chi connectivity index (χ1n) is 6.27. The van der Waals surface area contributed by atoms with Crippen molar-refractivity contribution >= 4 is 5.97 Å². The minimum Gasteiger partial charge on any atom is -0.476 e. The molecule has 8 nitrogen and oxygen atoms in total. The lowest BCUT2D eigenvalue weighted by atomic mass is 10.2. The van der Waals surface area contributed by atoms with Crippen molar-refractivity contribution in [3.05, 3.63) is 18.2 Å². The van der Waals surface area contributed by atoms with Crippen LogP contribution in [-0.2, 0) is 18.3 Å². The Hall–Kier alpha value is -2.22. The summed E-state index contributed by atoms with van der Waals surface area (Å²) in [5.74, 6) is -1.09. The molecule has 0 aliphatic heterocycles. The normalized spacial score (nSPS) is 10.9. The summed E-state index contributed by atoms with van der Waals surface area (Å²) in [6.45, 7) is 1.26. The Labute approximate surface area is 116 Å². The van der Waals surface area contributed by atoms with E-state index in [2.05, 4.69) is 15.3 Å². The molecule has 1 N–H and O–H groups in total. The number of hydrogen-bond donors (Lipinski definition) is 1. The Morgan fingerprint density at radius 2 is 2.25 bits per heavy atom. The third kappa shape index (κ3) is 2.85. The predicted molar refractivity (Wildman–Crippen MR) is 70.3 cm³/mol. The Bertz CT molecular complexity index is 590. The lowest BCUT2D eigenvalue weighted by molar-refractivity contribution is 0.0691. The third-order valence-corrected chi connectivity index (χ3v) is 2.97. The van der Waals surface area contributed by atoms with Crippen molar-refractivity contribution in [1.29, 1.82) is 0 Å². The van der Waals surface area contributed by atoms with Crippen LogP contribution in [0.25, 0.3) is 11.4 Å². The molecule has 2 aromatic heterocycles. The number of imidazole rings is 1. The second kappa shape index (κ2) is 6.29. The van der Waals surface area contributed by atoms with Gasteiger partial charge in [0.15, 0.2) is 5.69 Å². The standard InChI is InChI=1S/C12H17N5O3/c1-16-8-13-7-9(16)11-10(12(18)19)14-15-17(11)5-3-4-6-20-2/h7-8H,3-6H2,1-2H3,(H,18,19). The molecule has 108 valence electrons. The summed E-state index contributed by atoms with van der Waals surface area (Å²) in [5.41, 5.74) is 1.11. The molecule has 0 amide bonds. The van der Waals surface area contributed by atoms with Crippen molar-refractivity contribution in [1.82, 2.24) is 24.5 Å². The Morgan fingerprint density at radius 3 is 2.85 bits per heavy atom. The Balaban J connectivity index is 2.29. The van der Waals surface area contributed by atoms with Crippen LogP contribution in [0.2, 0.25) is 0 Å². The van der Waals surface area contributed by atoms with E-state index in [4.69, 9.17) is 4.74 Å². The first-order valence-corrected chi connectivity index (χ1v) is 6.27. The summed E-state index contributed by atoms with van der Waals surface area (Å²) in [4.78, 5) is 15.3. The van der Waals surface area contributed by atoms with Crippen LogP contribution in [0.4, 0.5) is 0 Å². The van der Waals surface area contributed by atoms with Crippen LogP contribution in [0, 0.1) is 0 Å². The van der Waals surface area contributed by atoms with Crippen molar-refractivity contribution in [3.63, 3.8) is 0 Å². The van der Waals surface area contributed by atoms with Crippen LogP contribution >= 0.6 is 0 Å². The number of aromatic carboxylic acids is 1. The number of rotatable bonds is 7. The van der Waals surface area contributed by atoms with Crippen molar-refractivity contribution in [2.24, 2.45) is 7.05 Å². The molecule has 2 rings (SSSR count).